The molecule has 0 aromatic heterocycles. The summed E-state index contributed by atoms with van der Waals surface area (Å²) in [5.41, 5.74) is 12.1. The van der Waals surface area contributed by atoms with Gasteiger partial charge in [-0.2, -0.15) is 0 Å². The summed E-state index contributed by atoms with van der Waals surface area (Å²) in [7, 11) is 2.07. The Morgan fingerprint density at radius 3 is 2.63 bits per heavy atom. The maximum atomic E-state index is 6.10. The molecule has 0 radical (unpaired) electrons. The molecule has 0 saturated carbocycles. The van der Waals surface area contributed by atoms with E-state index in [9.17, 15) is 0 Å². The molecule has 2 nitrogen and oxygen atoms in total. The van der Waals surface area contributed by atoms with Crippen LogP contribution >= 0.6 is 15.9 Å². The van der Waals surface area contributed by atoms with E-state index in [0.29, 0.717) is 0 Å². The molecule has 0 heterocycles. The van der Waals surface area contributed by atoms with Crippen LogP contribution in [-0.4, -0.2) is 7.05 Å². The lowest BCUT2D eigenvalue weighted by atomic mass is 10.1. The Balaban J connectivity index is 1.97. The molecule has 3 rings (SSSR count). The molecule has 1 aliphatic carbocycles. The molecule has 0 spiro atoms. The summed E-state index contributed by atoms with van der Waals surface area (Å²) in [4.78, 5) is 2.15. The van der Waals surface area contributed by atoms with Crippen molar-refractivity contribution in [3.63, 3.8) is 0 Å². The van der Waals surface area contributed by atoms with Gasteiger partial charge in [-0.3, -0.25) is 0 Å². The minimum Gasteiger partial charge on any atom is -0.397 e. The Bertz CT molecular complexity index is 622. The van der Waals surface area contributed by atoms with Crippen molar-refractivity contribution < 1.29 is 0 Å². The van der Waals surface area contributed by atoms with Gasteiger partial charge in [-0.05, 0) is 60.7 Å². The summed E-state index contributed by atoms with van der Waals surface area (Å²) >= 11 is 3.44. The SMILES string of the molecule is CN(c1ccc2c(c1)CCC2)c1ccc(Br)cc1N. The smallest absolute Gasteiger partial charge is 0.0642 e. The zero-order chi connectivity index (χ0) is 13.4. The highest BCUT2D eigenvalue weighted by atomic mass is 79.9. The zero-order valence-electron chi connectivity index (χ0n) is 11.0. The molecule has 0 unspecified atom stereocenters. The van der Waals surface area contributed by atoms with Crippen LogP contribution in [0.25, 0.3) is 0 Å². The fourth-order valence-corrected chi connectivity index (χ4v) is 3.12. The lowest BCUT2D eigenvalue weighted by Gasteiger charge is -2.22. The van der Waals surface area contributed by atoms with Gasteiger partial charge in [0.25, 0.3) is 0 Å². The Hall–Kier alpha value is -1.48. The number of halogens is 1. The van der Waals surface area contributed by atoms with Crippen LogP contribution in [0, 0.1) is 0 Å². The highest BCUT2D eigenvalue weighted by molar-refractivity contribution is 9.10. The number of fused-ring (bicyclic) bond motifs is 1. The standard InChI is InChI=1S/C16H17BrN2/c1-19(16-8-6-13(17)10-15(16)18)14-7-5-11-3-2-4-12(11)9-14/h5-10H,2-4,18H2,1H3. The summed E-state index contributed by atoms with van der Waals surface area (Å²) in [6, 6.07) is 12.8. The molecule has 0 atom stereocenters. The van der Waals surface area contributed by atoms with Gasteiger partial charge in [-0.15, -0.1) is 0 Å². The molecule has 2 aromatic rings. The van der Waals surface area contributed by atoms with Crippen molar-refractivity contribution in [1.82, 2.24) is 0 Å². The van der Waals surface area contributed by atoms with E-state index in [4.69, 9.17) is 5.73 Å². The topological polar surface area (TPSA) is 29.3 Å². The molecule has 1 aliphatic rings. The van der Waals surface area contributed by atoms with Crippen LogP contribution in [0.5, 0.6) is 0 Å². The van der Waals surface area contributed by atoms with Crippen LogP contribution < -0.4 is 10.6 Å². The zero-order valence-corrected chi connectivity index (χ0v) is 12.6. The molecular formula is C16H17BrN2. The van der Waals surface area contributed by atoms with E-state index in [1.165, 1.54) is 36.1 Å². The summed E-state index contributed by atoms with van der Waals surface area (Å²) in [5.74, 6) is 0. The molecule has 0 saturated heterocycles. The van der Waals surface area contributed by atoms with E-state index in [0.717, 1.165) is 15.8 Å². The van der Waals surface area contributed by atoms with E-state index < -0.39 is 0 Å². The molecule has 0 amide bonds. The molecule has 3 heteroatoms. The number of hydrogen-bond acceptors (Lipinski definition) is 2. The molecule has 2 N–H and O–H groups in total. The van der Waals surface area contributed by atoms with Gasteiger partial charge in [-0.25, -0.2) is 0 Å². The first-order valence-corrected chi connectivity index (χ1v) is 7.35. The van der Waals surface area contributed by atoms with Crippen molar-refractivity contribution in [2.45, 2.75) is 19.3 Å². The highest BCUT2D eigenvalue weighted by Gasteiger charge is 2.14. The number of nitrogens with zero attached hydrogens (tertiary/aromatic N) is 1. The van der Waals surface area contributed by atoms with Gasteiger partial charge in [0.15, 0.2) is 0 Å². The highest BCUT2D eigenvalue weighted by Crippen LogP contribution is 2.33. The second-order valence-electron chi connectivity index (χ2n) is 5.07. The number of rotatable bonds is 2. The minimum absolute atomic E-state index is 0.789. The lowest BCUT2D eigenvalue weighted by molar-refractivity contribution is 0.911. The summed E-state index contributed by atoms with van der Waals surface area (Å²) in [6.45, 7) is 0. The van der Waals surface area contributed by atoms with Gasteiger partial charge in [-0.1, -0.05) is 22.0 Å². The summed E-state index contributed by atoms with van der Waals surface area (Å²) < 4.78 is 1.01. The van der Waals surface area contributed by atoms with E-state index in [-0.39, 0.29) is 0 Å². The number of nitrogen functional groups attached to an aromatic ring is 1. The lowest BCUT2D eigenvalue weighted by Crippen LogP contribution is -2.11. The fraction of sp³-hybridized carbons (Fsp3) is 0.250. The Kier molecular flexibility index (Phi) is 3.23. The second-order valence-corrected chi connectivity index (χ2v) is 5.98. The average molecular weight is 317 g/mol. The third-order valence-electron chi connectivity index (χ3n) is 3.82. The van der Waals surface area contributed by atoms with Crippen LogP contribution in [0.1, 0.15) is 17.5 Å². The van der Waals surface area contributed by atoms with Gasteiger partial charge in [0, 0.05) is 17.2 Å². The molecule has 19 heavy (non-hydrogen) atoms. The minimum atomic E-state index is 0.789. The van der Waals surface area contributed by atoms with Gasteiger partial charge >= 0.3 is 0 Å². The molecular weight excluding hydrogens is 300 g/mol. The van der Waals surface area contributed by atoms with Gasteiger partial charge < -0.3 is 10.6 Å². The van der Waals surface area contributed by atoms with Crippen molar-refractivity contribution in [3.05, 3.63) is 52.0 Å². The third-order valence-corrected chi connectivity index (χ3v) is 4.31. The van der Waals surface area contributed by atoms with Crippen molar-refractivity contribution in [2.75, 3.05) is 17.7 Å². The molecule has 2 aromatic carbocycles. The Morgan fingerprint density at radius 2 is 1.84 bits per heavy atom. The monoisotopic (exact) mass is 316 g/mol. The Morgan fingerprint density at radius 1 is 1.05 bits per heavy atom. The quantitative estimate of drug-likeness (QED) is 0.837. The molecule has 0 fully saturated rings. The number of hydrogen-bond donors (Lipinski definition) is 1. The number of aryl methyl sites for hydroxylation is 2. The van der Waals surface area contributed by atoms with Crippen molar-refractivity contribution in [1.29, 1.82) is 0 Å². The number of benzene rings is 2. The van der Waals surface area contributed by atoms with E-state index in [2.05, 4.69) is 46.1 Å². The maximum absolute atomic E-state index is 6.10. The molecule has 98 valence electrons. The summed E-state index contributed by atoms with van der Waals surface area (Å²) in [6.07, 6.45) is 3.70. The van der Waals surface area contributed by atoms with Crippen LogP contribution in [0.3, 0.4) is 0 Å². The van der Waals surface area contributed by atoms with E-state index in [1.54, 1.807) is 0 Å². The molecule has 0 bridgehead atoms. The number of anilines is 3. The first kappa shape index (κ1) is 12.5. The fourth-order valence-electron chi connectivity index (χ4n) is 2.74. The summed E-state index contributed by atoms with van der Waals surface area (Å²) in [5, 5.41) is 0. The normalized spacial score (nSPS) is 13.4. The molecule has 0 aliphatic heterocycles. The van der Waals surface area contributed by atoms with Crippen LogP contribution in [0.15, 0.2) is 40.9 Å². The van der Waals surface area contributed by atoms with Gasteiger partial charge in [0.05, 0.1) is 11.4 Å². The first-order chi connectivity index (χ1) is 9.15. The van der Waals surface area contributed by atoms with E-state index >= 15 is 0 Å². The first-order valence-electron chi connectivity index (χ1n) is 6.56. The van der Waals surface area contributed by atoms with Gasteiger partial charge in [0.1, 0.15) is 0 Å². The second kappa shape index (κ2) is 4.89. The average Bonchev–Trinajstić information content (AvgIpc) is 2.85. The van der Waals surface area contributed by atoms with Crippen molar-refractivity contribution in [3.8, 4) is 0 Å². The van der Waals surface area contributed by atoms with E-state index in [1.807, 2.05) is 18.2 Å². The third kappa shape index (κ3) is 2.35. The van der Waals surface area contributed by atoms with Gasteiger partial charge in [0.2, 0.25) is 0 Å². The van der Waals surface area contributed by atoms with Crippen molar-refractivity contribution in [2.24, 2.45) is 0 Å². The predicted molar refractivity (Wildman–Crippen MR) is 85.1 cm³/mol. The Labute approximate surface area is 122 Å². The van der Waals surface area contributed by atoms with Crippen molar-refractivity contribution >= 4 is 33.0 Å². The van der Waals surface area contributed by atoms with Crippen LogP contribution in [-0.2, 0) is 12.8 Å². The van der Waals surface area contributed by atoms with Crippen LogP contribution in [0.2, 0.25) is 0 Å². The van der Waals surface area contributed by atoms with Crippen LogP contribution in [0.4, 0.5) is 17.1 Å². The largest absolute Gasteiger partial charge is 0.397 e. The predicted octanol–water partition coefficient (Wildman–Crippen LogP) is 4.29. The number of nitrogens with two attached hydrogens (primary N) is 1. The maximum Gasteiger partial charge on any atom is 0.0642 e.